The van der Waals surface area contributed by atoms with E-state index in [2.05, 4.69) is 15.9 Å². The highest BCUT2D eigenvalue weighted by atomic mass is 79.9. The molecule has 0 radical (unpaired) electrons. The van der Waals surface area contributed by atoms with Gasteiger partial charge in [0.25, 0.3) is 0 Å². The summed E-state index contributed by atoms with van der Waals surface area (Å²) in [6.45, 7) is 9.15. The summed E-state index contributed by atoms with van der Waals surface area (Å²) in [5, 5.41) is 0. The number of hydrogen-bond donors (Lipinski definition) is 1. The van der Waals surface area contributed by atoms with Gasteiger partial charge in [0.2, 0.25) is 0 Å². The lowest BCUT2D eigenvalue weighted by Crippen LogP contribution is -2.22. The van der Waals surface area contributed by atoms with Crippen molar-refractivity contribution in [3.63, 3.8) is 0 Å². The molecule has 4 heteroatoms. The summed E-state index contributed by atoms with van der Waals surface area (Å²) in [4.78, 5) is 0. The van der Waals surface area contributed by atoms with Crippen LogP contribution in [-0.4, -0.2) is 18.8 Å². The summed E-state index contributed by atoms with van der Waals surface area (Å²) in [5.74, 6) is 0.817. The first-order valence-corrected chi connectivity index (χ1v) is 6.90. The van der Waals surface area contributed by atoms with Crippen molar-refractivity contribution < 1.29 is 9.47 Å². The van der Waals surface area contributed by atoms with E-state index in [-0.39, 0.29) is 11.6 Å². The lowest BCUT2D eigenvalue weighted by Gasteiger charge is -2.19. The van der Waals surface area contributed by atoms with Crippen LogP contribution in [0.2, 0.25) is 0 Å². The van der Waals surface area contributed by atoms with Crippen LogP contribution in [0.25, 0.3) is 0 Å². The fourth-order valence-corrected chi connectivity index (χ4v) is 1.93. The van der Waals surface area contributed by atoms with E-state index in [0.717, 1.165) is 15.8 Å². The van der Waals surface area contributed by atoms with Crippen molar-refractivity contribution in [2.45, 2.75) is 39.3 Å². The quantitative estimate of drug-likeness (QED) is 0.843. The molecule has 0 aliphatic heterocycles. The highest BCUT2D eigenvalue weighted by Crippen LogP contribution is 2.27. The fraction of sp³-hybridized carbons (Fsp3) is 0.571. The number of halogens is 1. The van der Waals surface area contributed by atoms with Gasteiger partial charge in [0.15, 0.2) is 0 Å². The van der Waals surface area contributed by atoms with E-state index in [1.165, 1.54) is 0 Å². The van der Waals surface area contributed by atoms with Gasteiger partial charge < -0.3 is 15.2 Å². The van der Waals surface area contributed by atoms with Crippen molar-refractivity contribution in [3.05, 3.63) is 28.2 Å². The molecular weight excluding hydrogens is 294 g/mol. The Balaban J connectivity index is 2.48. The van der Waals surface area contributed by atoms with Crippen LogP contribution in [0.4, 0.5) is 0 Å². The zero-order valence-electron chi connectivity index (χ0n) is 11.5. The number of hydrogen-bond acceptors (Lipinski definition) is 3. The Bertz CT molecular complexity index is 386. The van der Waals surface area contributed by atoms with Crippen molar-refractivity contribution in [1.29, 1.82) is 0 Å². The van der Waals surface area contributed by atoms with Gasteiger partial charge in [-0.2, -0.15) is 0 Å². The van der Waals surface area contributed by atoms with Crippen LogP contribution in [0.5, 0.6) is 5.75 Å². The van der Waals surface area contributed by atoms with Gasteiger partial charge in [-0.1, -0.05) is 6.07 Å². The van der Waals surface area contributed by atoms with Gasteiger partial charge in [-0.3, -0.25) is 0 Å². The third kappa shape index (κ3) is 5.38. The smallest absolute Gasteiger partial charge is 0.133 e. The first-order chi connectivity index (χ1) is 8.29. The van der Waals surface area contributed by atoms with E-state index in [1.807, 2.05) is 45.9 Å². The molecule has 1 atom stereocenters. The zero-order chi connectivity index (χ0) is 13.8. The standard InChI is InChI=1S/C14H22BrNO2/c1-10(16)11-5-6-13(12(15)9-11)17-7-8-18-14(2,3)4/h5-6,9-10H,7-8,16H2,1-4H3/t10-/m0/s1. The summed E-state index contributed by atoms with van der Waals surface area (Å²) in [6, 6.07) is 5.93. The molecule has 0 aromatic heterocycles. The average molecular weight is 316 g/mol. The van der Waals surface area contributed by atoms with E-state index < -0.39 is 0 Å². The Morgan fingerprint density at radius 2 is 1.94 bits per heavy atom. The van der Waals surface area contributed by atoms with Crippen molar-refractivity contribution in [2.75, 3.05) is 13.2 Å². The van der Waals surface area contributed by atoms with E-state index in [0.29, 0.717) is 13.2 Å². The molecule has 1 aromatic carbocycles. The molecule has 0 spiro atoms. The lowest BCUT2D eigenvalue weighted by molar-refractivity contribution is -0.0163. The first-order valence-electron chi connectivity index (χ1n) is 6.11. The first kappa shape index (κ1) is 15.5. The van der Waals surface area contributed by atoms with Crippen LogP contribution in [0.3, 0.4) is 0 Å². The van der Waals surface area contributed by atoms with Gasteiger partial charge in [-0.25, -0.2) is 0 Å². The molecule has 0 saturated carbocycles. The second kappa shape index (κ2) is 6.55. The van der Waals surface area contributed by atoms with Gasteiger partial charge in [0, 0.05) is 6.04 Å². The molecule has 0 heterocycles. The molecule has 3 nitrogen and oxygen atoms in total. The maximum Gasteiger partial charge on any atom is 0.133 e. The summed E-state index contributed by atoms with van der Waals surface area (Å²) < 4.78 is 12.2. The van der Waals surface area contributed by atoms with Crippen LogP contribution in [-0.2, 0) is 4.74 Å². The van der Waals surface area contributed by atoms with Crippen molar-refractivity contribution in [2.24, 2.45) is 5.73 Å². The van der Waals surface area contributed by atoms with Gasteiger partial charge in [-0.15, -0.1) is 0 Å². The number of ether oxygens (including phenoxy) is 2. The van der Waals surface area contributed by atoms with Crippen LogP contribution in [0, 0.1) is 0 Å². The topological polar surface area (TPSA) is 44.5 Å². The Kier molecular flexibility index (Phi) is 5.63. The Morgan fingerprint density at radius 3 is 2.44 bits per heavy atom. The second-order valence-corrected chi connectivity index (χ2v) is 6.14. The fourth-order valence-electron chi connectivity index (χ4n) is 1.42. The zero-order valence-corrected chi connectivity index (χ0v) is 13.1. The van der Waals surface area contributed by atoms with E-state index in [1.54, 1.807) is 0 Å². The summed E-state index contributed by atoms with van der Waals surface area (Å²) in [6.07, 6.45) is 0. The van der Waals surface area contributed by atoms with Gasteiger partial charge in [0.1, 0.15) is 12.4 Å². The van der Waals surface area contributed by atoms with E-state index in [9.17, 15) is 0 Å². The molecule has 0 aliphatic carbocycles. The second-order valence-electron chi connectivity index (χ2n) is 5.29. The molecule has 1 rings (SSSR count). The van der Waals surface area contributed by atoms with Crippen molar-refractivity contribution in [3.8, 4) is 5.75 Å². The number of nitrogens with two attached hydrogens (primary N) is 1. The minimum absolute atomic E-state index is 0.0274. The largest absolute Gasteiger partial charge is 0.490 e. The Hall–Kier alpha value is -0.580. The third-order valence-corrected chi connectivity index (χ3v) is 2.98. The van der Waals surface area contributed by atoms with Gasteiger partial charge >= 0.3 is 0 Å². The number of rotatable bonds is 5. The van der Waals surface area contributed by atoms with Crippen LogP contribution in [0.15, 0.2) is 22.7 Å². The van der Waals surface area contributed by atoms with Crippen LogP contribution in [0.1, 0.15) is 39.3 Å². The summed E-state index contributed by atoms with van der Waals surface area (Å²) in [7, 11) is 0. The molecule has 0 fully saturated rings. The predicted octanol–water partition coefficient (Wildman–Crippen LogP) is 3.66. The average Bonchev–Trinajstić information content (AvgIpc) is 2.24. The van der Waals surface area contributed by atoms with Crippen LogP contribution < -0.4 is 10.5 Å². The minimum Gasteiger partial charge on any atom is -0.490 e. The molecule has 18 heavy (non-hydrogen) atoms. The van der Waals surface area contributed by atoms with E-state index >= 15 is 0 Å². The molecule has 1 aromatic rings. The minimum atomic E-state index is -0.126. The molecular formula is C14H22BrNO2. The highest BCUT2D eigenvalue weighted by Gasteiger charge is 2.10. The Morgan fingerprint density at radius 1 is 1.28 bits per heavy atom. The van der Waals surface area contributed by atoms with Gasteiger partial charge in [0.05, 0.1) is 16.7 Å². The van der Waals surface area contributed by atoms with Crippen LogP contribution >= 0.6 is 15.9 Å². The summed E-state index contributed by atoms with van der Waals surface area (Å²) in [5.41, 5.74) is 6.78. The normalized spacial score (nSPS) is 13.4. The molecule has 102 valence electrons. The lowest BCUT2D eigenvalue weighted by atomic mass is 10.1. The molecule has 0 unspecified atom stereocenters. The maximum atomic E-state index is 5.82. The van der Waals surface area contributed by atoms with Gasteiger partial charge in [-0.05, 0) is 61.3 Å². The molecule has 0 amide bonds. The third-order valence-electron chi connectivity index (χ3n) is 2.36. The van der Waals surface area contributed by atoms with E-state index in [4.69, 9.17) is 15.2 Å². The van der Waals surface area contributed by atoms with Crippen molar-refractivity contribution >= 4 is 15.9 Å². The Labute approximate surface area is 118 Å². The molecule has 2 N–H and O–H groups in total. The van der Waals surface area contributed by atoms with Crippen molar-refractivity contribution in [1.82, 2.24) is 0 Å². The monoisotopic (exact) mass is 315 g/mol. The highest BCUT2D eigenvalue weighted by molar-refractivity contribution is 9.10. The number of benzene rings is 1. The molecule has 0 saturated heterocycles. The predicted molar refractivity (Wildman–Crippen MR) is 77.9 cm³/mol. The molecule has 0 aliphatic rings. The summed E-state index contributed by atoms with van der Waals surface area (Å²) >= 11 is 3.49. The SMILES string of the molecule is C[C@H](N)c1ccc(OCCOC(C)(C)C)c(Br)c1. The molecule has 0 bridgehead atoms. The maximum absolute atomic E-state index is 5.82.